The van der Waals surface area contributed by atoms with E-state index in [4.69, 9.17) is 5.11 Å². The highest BCUT2D eigenvalue weighted by atomic mass is 16.4. The highest BCUT2D eigenvalue weighted by molar-refractivity contribution is 5.71. The fraction of sp³-hybridized carbons (Fsp3) is 0.889. The molecule has 2 unspecified atom stereocenters. The van der Waals surface area contributed by atoms with Crippen molar-refractivity contribution in [1.82, 2.24) is 4.90 Å². The quantitative estimate of drug-likeness (QED) is 0.678. The summed E-state index contributed by atoms with van der Waals surface area (Å²) in [4.78, 5) is 13.0. The van der Waals surface area contributed by atoms with Crippen LogP contribution in [0.3, 0.4) is 0 Å². The number of carboxylic acid groups (broad SMARTS) is 1. The van der Waals surface area contributed by atoms with Crippen molar-refractivity contribution in [1.29, 1.82) is 0 Å². The maximum absolute atomic E-state index is 10.8. The van der Waals surface area contributed by atoms with Gasteiger partial charge in [-0.25, -0.2) is 0 Å². The molecule has 1 heterocycles. The number of rotatable bonds is 2. The molecule has 2 atom stereocenters. The molecule has 3 nitrogen and oxygen atoms in total. The van der Waals surface area contributed by atoms with Crippen LogP contribution in [0.15, 0.2) is 0 Å². The Kier molecular flexibility index (Phi) is 3.09. The summed E-state index contributed by atoms with van der Waals surface area (Å²) in [5.41, 5.74) is 0. The monoisotopic (exact) mass is 171 g/mol. The first kappa shape index (κ1) is 9.52. The third-order valence-corrected chi connectivity index (χ3v) is 2.79. The molecular weight excluding hydrogens is 154 g/mol. The van der Waals surface area contributed by atoms with Crippen molar-refractivity contribution in [2.45, 2.75) is 32.2 Å². The van der Waals surface area contributed by atoms with Gasteiger partial charge in [-0.15, -0.1) is 0 Å². The molecule has 1 saturated heterocycles. The van der Waals surface area contributed by atoms with E-state index < -0.39 is 5.97 Å². The Bertz CT molecular complexity index is 170. The number of hydrogen-bond donors (Lipinski definition) is 1. The van der Waals surface area contributed by atoms with Crippen molar-refractivity contribution < 1.29 is 9.90 Å². The molecule has 0 aromatic carbocycles. The summed E-state index contributed by atoms with van der Waals surface area (Å²) in [5, 5.41) is 8.93. The molecule has 1 aliphatic heterocycles. The van der Waals surface area contributed by atoms with Gasteiger partial charge in [-0.2, -0.15) is 0 Å². The number of carbonyl (C=O) groups is 1. The van der Waals surface area contributed by atoms with Crippen LogP contribution in [-0.2, 0) is 4.79 Å². The number of carboxylic acids is 1. The lowest BCUT2D eigenvalue weighted by molar-refractivity contribution is -0.145. The Morgan fingerprint density at radius 2 is 2.33 bits per heavy atom. The Morgan fingerprint density at radius 3 is 2.75 bits per heavy atom. The van der Waals surface area contributed by atoms with Crippen molar-refractivity contribution in [3.63, 3.8) is 0 Å². The van der Waals surface area contributed by atoms with E-state index in [9.17, 15) is 4.79 Å². The number of hydrogen-bond acceptors (Lipinski definition) is 2. The van der Waals surface area contributed by atoms with E-state index in [0.717, 1.165) is 25.8 Å². The molecule has 0 radical (unpaired) electrons. The van der Waals surface area contributed by atoms with Crippen LogP contribution in [0.4, 0.5) is 0 Å². The molecule has 70 valence electrons. The van der Waals surface area contributed by atoms with Gasteiger partial charge in [-0.05, 0) is 32.9 Å². The normalized spacial score (nSPS) is 31.8. The van der Waals surface area contributed by atoms with E-state index in [2.05, 4.69) is 11.8 Å². The molecule has 0 bridgehead atoms. The predicted molar refractivity (Wildman–Crippen MR) is 47.1 cm³/mol. The van der Waals surface area contributed by atoms with Gasteiger partial charge in [0.1, 0.15) is 0 Å². The molecule has 0 spiro atoms. The molecule has 0 aromatic heterocycles. The summed E-state index contributed by atoms with van der Waals surface area (Å²) >= 11 is 0. The second kappa shape index (κ2) is 3.90. The largest absolute Gasteiger partial charge is 0.481 e. The minimum atomic E-state index is -0.631. The topological polar surface area (TPSA) is 40.5 Å². The minimum Gasteiger partial charge on any atom is -0.481 e. The Hall–Kier alpha value is -0.570. The molecular formula is C9H17NO2. The zero-order valence-corrected chi connectivity index (χ0v) is 7.79. The highest BCUT2D eigenvalue weighted by Crippen LogP contribution is 2.24. The van der Waals surface area contributed by atoms with Gasteiger partial charge in [0, 0.05) is 6.04 Å². The van der Waals surface area contributed by atoms with Crippen LogP contribution in [0, 0.1) is 5.92 Å². The summed E-state index contributed by atoms with van der Waals surface area (Å²) < 4.78 is 0. The molecule has 1 N–H and O–H groups in total. The summed E-state index contributed by atoms with van der Waals surface area (Å²) in [6.07, 6.45) is 2.80. The van der Waals surface area contributed by atoms with Crippen molar-refractivity contribution in [3.8, 4) is 0 Å². The van der Waals surface area contributed by atoms with E-state index in [1.54, 1.807) is 0 Å². The first-order chi connectivity index (χ1) is 5.66. The SMILES string of the molecule is CCC1C(C(=O)O)CCCN1C. The van der Waals surface area contributed by atoms with E-state index >= 15 is 0 Å². The van der Waals surface area contributed by atoms with Crippen LogP contribution in [0.25, 0.3) is 0 Å². The van der Waals surface area contributed by atoms with Crippen LogP contribution in [-0.4, -0.2) is 35.6 Å². The zero-order valence-electron chi connectivity index (χ0n) is 7.79. The molecule has 3 heteroatoms. The van der Waals surface area contributed by atoms with Gasteiger partial charge < -0.3 is 10.0 Å². The predicted octanol–water partition coefficient (Wildman–Crippen LogP) is 1.19. The van der Waals surface area contributed by atoms with Gasteiger partial charge in [-0.1, -0.05) is 6.92 Å². The van der Waals surface area contributed by atoms with Crippen LogP contribution < -0.4 is 0 Å². The van der Waals surface area contributed by atoms with Gasteiger partial charge in [0.15, 0.2) is 0 Å². The second-order valence-corrected chi connectivity index (χ2v) is 3.54. The summed E-state index contributed by atoms with van der Waals surface area (Å²) in [5.74, 6) is -0.776. The molecule has 0 saturated carbocycles. The van der Waals surface area contributed by atoms with Crippen molar-refractivity contribution in [3.05, 3.63) is 0 Å². The zero-order chi connectivity index (χ0) is 9.14. The van der Waals surface area contributed by atoms with Gasteiger partial charge in [0.05, 0.1) is 5.92 Å². The van der Waals surface area contributed by atoms with Crippen molar-refractivity contribution >= 4 is 5.97 Å². The Balaban J connectivity index is 2.64. The molecule has 1 aliphatic rings. The second-order valence-electron chi connectivity index (χ2n) is 3.54. The third kappa shape index (κ3) is 1.78. The number of likely N-dealkylation sites (tertiary alicyclic amines) is 1. The molecule has 0 aromatic rings. The summed E-state index contributed by atoms with van der Waals surface area (Å²) in [6, 6.07) is 0.247. The average Bonchev–Trinajstić information content (AvgIpc) is 2.03. The fourth-order valence-electron chi connectivity index (χ4n) is 2.11. The lowest BCUT2D eigenvalue weighted by Gasteiger charge is -2.36. The molecule has 0 amide bonds. The van der Waals surface area contributed by atoms with E-state index in [1.165, 1.54) is 0 Å². The number of nitrogens with zero attached hydrogens (tertiary/aromatic N) is 1. The summed E-state index contributed by atoms with van der Waals surface area (Å²) in [7, 11) is 2.02. The first-order valence-electron chi connectivity index (χ1n) is 4.59. The number of piperidine rings is 1. The maximum atomic E-state index is 10.8. The van der Waals surface area contributed by atoms with Crippen LogP contribution in [0.1, 0.15) is 26.2 Å². The van der Waals surface area contributed by atoms with Crippen LogP contribution >= 0.6 is 0 Å². The minimum absolute atomic E-state index is 0.145. The lowest BCUT2D eigenvalue weighted by atomic mass is 9.88. The maximum Gasteiger partial charge on any atom is 0.308 e. The van der Waals surface area contributed by atoms with E-state index in [-0.39, 0.29) is 12.0 Å². The summed E-state index contributed by atoms with van der Waals surface area (Å²) in [6.45, 7) is 3.10. The van der Waals surface area contributed by atoms with Crippen LogP contribution in [0.2, 0.25) is 0 Å². The third-order valence-electron chi connectivity index (χ3n) is 2.79. The van der Waals surface area contributed by atoms with Crippen molar-refractivity contribution in [2.75, 3.05) is 13.6 Å². The van der Waals surface area contributed by atoms with Gasteiger partial charge >= 0.3 is 5.97 Å². The molecule has 0 aliphatic carbocycles. The average molecular weight is 171 g/mol. The van der Waals surface area contributed by atoms with Gasteiger partial charge in [-0.3, -0.25) is 4.79 Å². The standard InChI is InChI=1S/C9H17NO2/c1-3-8-7(9(11)12)5-4-6-10(8)2/h7-8H,3-6H2,1-2H3,(H,11,12). The number of aliphatic carboxylic acids is 1. The fourth-order valence-corrected chi connectivity index (χ4v) is 2.11. The molecule has 12 heavy (non-hydrogen) atoms. The Labute approximate surface area is 73.4 Å². The Morgan fingerprint density at radius 1 is 1.67 bits per heavy atom. The van der Waals surface area contributed by atoms with Gasteiger partial charge in [0.25, 0.3) is 0 Å². The van der Waals surface area contributed by atoms with E-state index in [0.29, 0.717) is 0 Å². The molecule has 1 rings (SSSR count). The first-order valence-corrected chi connectivity index (χ1v) is 4.59. The van der Waals surface area contributed by atoms with E-state index in [1.807, 2.05) is 7.05 Å². The lowest BCUT2D eigenvalue weighted by Crippen LogP contribution is -2.45. The van der Waals surface area contributed by atoms with Crippen LogP contribution in [0.5, 0.6) is 0 Å². The highest BCUT2D eigenvalue weighted by Gasteiger charge is 2.32. The van der Waals surface area contributed by atoms with Crippen molar-refractivity contribution in [2.24, 2.45) is 5.92 Å². The van der Waals surface area contributed by atoms with Gasteiger partial charge in [0.2, 0.25) is 0 Å². The molecule has 1 fully saturated rings. The smallest absolute Gasteiger partial charge is 0.308 e.